The Morgan fingerprint density at radius 2 is 2.06 bits per heavy atom. The van der Waals surface area contributed by atoms with Crippen molar-refractivity contribution in [3.63, 3.8) is 0 Å². The molecule has 3 nitrogen and oxygen atoms in total. The summed E-state index contributed by atoms with van der Waals surface area (Å²) >= 11 is 0. The quantitative estimate of drug-likeness (QED) is 0.879. The van der Waals surface area contributed by atoms with Crippen molar-refractivity contribution in [3.8, 4) is 0 Å². The first-order chi connectivity index (χ1) is 8.74. The summed E-state index contributed by atoms with van der Waals surface area (Å²) in [6, 6.07) is 10.2. The molecule has 0 spiro atoms. The van der Waals surface area contributed by atoms with E-state index in [1.165, 1.54) is 5.56 Å². The van der Waals surface area contributed by atoms with Crippen LogP contribution in [0.15, 0.2) is 36.5 Å². The first kappa shape index (κ1) is 13.0. The number of rotatable bonds is 5. The Morgan fingerprint density at radius 1 is 1.28 bits per heavy atom. The van der Waals surface area contributed by atoms with E-state index in [-0.39, 0.29) is 6.04 Å². The van der Waals surface area contributed by atoms with Crippen LogP contribution in [0.1, 0.15) is 24.9 Å². The number of ether oxygens (including phenoxy) is 1. The Kier molecular flexibility index (Phi) is 4.28. The zero-order chi connectivity index (χ0) is 13.0. The van der Waals surface area contributed by atoms with Crippen molar-refractivity contribution >= 4 is 10.9 Å². The van der Waals surface area contributed by atoms with E-state index >= 15 is 0 Å². The molecule has 0 aliphatic rings. The molecular formula is C15H20N2O. The van der Waals surface area contributed by atoms with E-state index in [1.807, 2.05) is 30.5 Å². The zero-order valence-corrected chi connectivity index (χ0v) is 11.0. The Hall–Kier alpha value is -1.45. The Bertz CT molecular complexity index is 507. The lowest BCUT2D eigenvalue weighted by Gasteiger charge is -2.21. The molecule has 1 aromatic heterocycles. The summed E-state index contributed by atoms with van der Waals surface area (Å²) in [4.78, 5) is 4.37. The second kappa shape index (κ2) is 5.94. The van der Waals surface area contributed by atoms with Gasteiger partial charge in [0.1, 0.15) is 0 Å². The Labute approximate surface area is 108 Å². The van der Waals surface area contributed by atoms with Crippen LogP contribution >= 0.6 is 0 Å². The molecule has 0 saturated heterocycles. The van der Waals surface area contributed by atoms with Crippen molar-refractivity contribution in [1.29, 1.82) is 0 Å². The van der Waals surface area contributed by atoms with E-state index in [9.17, 15) is 0 Å². The number of aromatic nitrogens is 1. The molecule has 96 valence electrons. The summed E-state index contributed by atoms with van der Waals surface area (Å²) in [6.07, 6.45) is 2.80. The number of nitrogens with two attached hydrogens (primary N) is 1. The number of benzene rings is 1. The topological polar surface area (TPSA) is 48.1 Å². The first-order valence-electron chi connectivity index (χ1n) is 6.32. The van der Waals surface area contributed by atoms with Gasteiger partial charge in [-0.2, -0.15) is 0 Å². The number of hydrogen-bond acceptors (Lipinski definition) is 3. The second-order valence-corrected chi connectivity index (χ2v) is 4.70. The van der Waals surface area contributed by atoms with Crippen molar-refractivity contribution in [2.75, 3.05) is 13.7 Å². The normalized spacial score (nSPS) is 14.6. The Morgan fingerprint density at radius 3 is 2.83 bits per heavy atom. The molecule has 2 atom stereocenters. The molecule has 2 unspecified atom stereocenters. The van der Waals surface area contributed by atoms with Crippen LogP contribution in [0.5, 0.6) is 0 Å². The molecule has 0 bridgehead atoms. The molecule has 18 heavy (non-hydrogen) atoms. The van der Waals surface area contributed by atoms with E-state index < -0.39 is 0 Å². The van der Waals surface area contributed by atoms with E-state index in [1.54, 1.807) is 7.11 Å². The van der Waals surface area contributed by atoms with Crippen LogP contribution in [0.25, 0.3) is 10.9 Å². The van der Waals surface area contributed by atoms with Crippen LogP contribution < -0.4 is 5.73 Å². The largest absolute Gasteiger partial charge is 0.385 e. The van der Waals surface area contributed by atoms with Gasteiger partial charge in [-0.1, -0.05) is 25.1 Å². The molecule has 0 aliphatic carbocycles. The summed E-state index contributed by atoms with van der Waals surface area (Å²) < 4.78 is 5.12. The van der Waals surface area contributed by atoms with Crippen molar-refractivity contribution < 1.29 is 4.74 Å². The SMILES string of the molecule is COCCC(C)C(N)c1ccnc2ccccc12. The van der Waals surface area contributed by atoms with Crippen LogP contribution in [0.4, 0.5) is 0 Å². The second-order valence-electron chi connectivity index (χ2n) is 4.70. The minimum absolute atomic E-state index is 0.0213. The fraction of sp³-hybridized carbons (Fsp3) is 0.400. The highest BCUT2D eigenvalue weighted by Gasteiger charge is 2.16. The molecule has 2 N–H and O–H groups in total. The fourth-order valence-corrected chi connectivity index (χ4v) is 2.20. The van der Waals surface area contributed by atoms with E-state index in [0.717, 1.165) is 23.9 Å². The number of methoxy groups -OCH3 is 1. The minimum atomic E-state index is 0.0213. The molecule has 0 aliphatic heterocycles. The summed E-state index contributed by atoms with van der Waals surface area (Å²) in [5, 5.41) is 1.15. The average molecular weight is 244 g/mol. The van der Waals surface area contributed by atoms with Crippen LogP contribution in [-0.4, -0.2) is 18.7 Å². The lowest BCUT2D eigenvalue weighted by molar-refractivity contribution is 0.174. The van der Waals surface area contributed by atoms with Crippen molar-refractivity contribution in [2.24, 2.45) is 11.7 Å². The van der Waals surface area contributed by atoms with Gasteiger partial charge in [-0.3, -0.25) is 4.98 Å². The molecule has 2 rings (SSSR count). The van der Waals surface area contributed by atoms with Crippen LogP contribution in [-0.2, 0) is 4.74 Å². The number of fused-ring (bicyclic) bond motifs is 1. The standard InChI is InChI=1S/C15H20N2O/c1-11(8-10-18-2)15(16)13-7-9-17-14-6-4-3-5-12(13)14/h3-7,9,11,15H,8,10,16H2,1-2H3. The average Bonchev–Trinajstić information content (AvgIpc) is 2.43. The van der Waals surface area contributed by atoms with Crippen molar-refractivity contribution in [3.05, 3.63) is 42.1 Å². The molecule has 1 heterocycles. The maximum absolute atomic E-state index is 6.36. The van der Waals surface area contributed by atoms with Gasteiger partial charge in [-0.25, -0.2) is 0 Å². The minimum Gasteiger partial charge on any atom is -0.385 e. The molecule has 2 aromatic rings. The fourth-order valence-electron chi connectivity index (χ4n) is 2.20. The zero-order valence-electron chi connectivity index (χ0n) is 11.0. The highest BCUT2D eigenvalue weighted by atomic mass is 16.5. The Balaban J connectivity index is 2.29. The third-order valence-electron chi connectivity index (χ3n) is 3.43. The van der Waals surface area contributed by atoms with Crippen LogP contribution in [0.2, 0.25) is 0 Å². The predicted octanol–water partition coefficient (Wildman–Crippen LogP) is 2.91. The summed E-state index contributed by atoms with van der Waals surface area (Å²) in [5.41, 5.74) is 8.54. The van der Waals surface area contributed by atoms with Gasteiger partial charge in [0.05, 0.1) is 5.52 Å². The molecule has 1 aromatic carbocycles. The lowest BCUT2D eigenvalue weighted by Crippen LogP contribution is -2.20. The lowest BCUT2D eigenvalue weighted by atomic mass is 9.91. The molecule has 0 amide bonds. The van der Waals surface area contributed by atoms with E-state index in [0.29, 0.717) is 5.92 Å². The highest BCUT2D eigenvalue weighted by Crippen LogP contribution is 2.27. The molecule has 0 saturated carbocycles. The third kappa shape index (κ3) is 2.68. The molecule has 3 heteroatoms. The number of nitrogens with zero attached hydrogens (tertiary/aromatic N) is 1. The number of hydrogen-bond donors (Lipinski definition) is 1. The van der Waals surface area contributed by atoms with Crippen LogP contribution in [0, 0.1) is 5.92 Å². The van der Waals surface area contributed by atoms with E-state index in [2.05, 4.69) is 18.0 Å². The number of pyridine rings is 1. The van der Waals surface area contributed by atoms with Gasteiger partial charge < -0.3 is 10.5 Å². The summed E-state index contributed by atoms with van der Waals surface area (Å²) in [6.45, 7) is 2.91. The highest BCUT2D eigenvalue weighted by molar-refractivity contribution is 5.82. The maximum atomic E-state index is 6.36. The van der Waals surface area contributed by atoms with Crippen LogP contribution in [0.3, 0.4) is 0 Å². The summed E-state index contributed by atoms with van der Waals surface area (Å²) in [7, 11) is 1.72. The van der Waals surface area contributed by atoms with Gasteiger partial charge in [0, 0.05) is 31.3 Å². The van der Waals surface area contributed by atoms with Gasteiger partial charge in [-0.05, 0) is 30.0 Å². The smallest absolute Gasteiger partial charge is 0.0705 e. The van der Waals surface area contributed by atoms with Crippen molar-refractivity contribution in [2.45, 2.75) is 19.4 Å². The van der Waals surface area contributed by atoms with Gasteiger partial charge in [0.2, 0.25) is 0 Å². The van der Waals surface area contributed by atoms with Gasteiger partial charge in [0.15, 0.2) is 0 Å². The van der Waals surface area contributed by atoms with E-state index in [4.69, 9.17) is 10.5 Å². The third-order valence-corrected chi connectivity index (χ3v) is 3.43. The van der Waals surface area contributed by atoms with Gasteiger partial charge in [0.25, 0.3) is 0 Å². The first-order valence-corrected chi connectivity index (χ1v) is 6.32. The maximum Gasteiger partial charge on any atom is 0.0705 e. The monoisotopic (exact) mass is 244 g/mol. The molecule has 0 fully saturated rings. The number of para-hydroxylation sites is 1. The van der Waals surface area contributed by atoms with Crippen molar-refractivity contribution in [1.82, 2.24) is 4.98 Å². The predicted molar refractivity (Wildman–Crippen MR) is 74.3 cm³/mol. The molecule has 0 radical (unpaired) electrons. The summed E-state index contributed by atoms with van der Waals surface area (Å²) in [5.74, 6) is 0.385. The molecular weight excluding hydrogens is 224 g/mol. The van der Waals surface area contributed by atoms with Gasteiger partial charge >= 0.3 is 0 Å². The van der Waals surface area contributed by atoms with Gasteiger partial charge in [-0.15, -0.1) is 0 Å².